The van der Waals surface area contributed by atoms with Crippen LogP contribution in [0.5, 0.6) is 5.75 Å². The first kappa shape index (κ1) is 11.8. The van der Waals surface area contributed by atoms with Gasteiger partial charge in [-0.15, -0.1) is 0 Å². The fourth-order valence-electron chi connectivity index (χ4n) is 1.01. The number of methoxy groups -OCH3 is 1. The molecule has 0 aromatic heterocycles. The molecule has 0 amide bonds. The molecule has 14 heavy (non-hydrogen) atoms. The highest BCUT2D eigenvalue weighted by atomic mass is 79.9. The SMILES string of the molecule is COc1cccc(CS(=O)(=O)Cl)c1Br. The third kappa shape index (κ3) is 3.15. The van der Waals surface area contributed by atoms with Gasteiger partial charge in [-0.3, -0.25) is 0 Å². The van der Waals surface area contributed by atoms with Gasteiger partial charge in [0.15, 0.2) is 0 Å². The first-order valence-electron chi connectivity index (χ1n) is 3.68. The van der Waals surface area contributed by atoms with Gasteiger partial charge in [-0.2, -0.15) is 0 Å². The van der Waals surface area contributed by atoms with Crippen LogP contribution in [0.1, 0.15) is 5.56 Å². The van der Waals surface area contributed by atoms with E-state index >= 15 is 0 Å². The van der Waals surface area contributed by atoms with Crippen LogP contribution in [0, 0.1) is 0 Å². The van der Waals surface area contributed by atoms with Crippen molar-refractivity contribution in [1.82, 2.24) is 0 Å². The highest BCUT2D eigenvalue weighted by Gasteiger charge is 2.12. The summed E-state index contributed by atoms with van der Waals surface area (Å²) in [6.07, 6.45) is 0. The van der Waals surface area contributed by atoms with E-state index in [1.807, 2.05) is 0 Å². The summed E-state index contributed by atoms with van der Waals surface area (Å²) in [6, 6.07) is 5.11. The molecule has 0 aliphatic rings. The lowest BCUT2D eigenvalue weighted by Crippen LogP contribution is -1.97. The van der Waals surface area contributed by atoms with Crippen molar-refractivity contribution in [2.75, 3.05) is 7.11 Å². The molecule has 0 heterocycles. The Bertz CT molecular complexity index is 430. The van der Waals surface area contributed by atoms with Crippen LogP contribution in [-0.2, 0) is 14.8 Å². The van der Waals surface area contributed by atoms with Crippen LogP contribution < -0.4 is 4.74 Å². The molecule has 0 aliphatic heterocycles. The molecule has 0 radical (unpaired) electrons. The molecule has 6 heteroatoms. The van der Waals surface area contributed by atoms with Crippen LogP contribution in [0.3, 0.4) is 0 Å². The summed E-state index contributed by atoms with van der Waals surface area (Å²) in [5.74, 6) is 0.370. The van der Waals surface area contributed by atoms with Gasteiger partial charge in [0.05, 0.1) is 17.3 Å². The molecular formula is C8H8BrClO3S. The second-order valence-electron chi connectivity index (χ2n) is 2.62. The van der Waals surface area contributed by atoms with Crippen LogP contribution in [-0.4, -0.2) is 15.5 Å². The average molecular weight is 300 g/mol. The summed E-state index contributed by atoms with van der Waals surface area (Å²) >= 11 is 3.25. The normalized spacial score (nSPS) is 11.4. The summed E-state index contributed by atoms with van der Waals surface area (Å²) in [7, 11) is 3.12. The van der Waals surface area contributed by atoms with E-state index in [2.05, 4.69) is 15.9 Å². The number of halogens is 2. The fourth-order valence-corrected chi connectivity index (χ4v) is 2.73. The molecule has 0 saturated carbocycles. The van der Waals surface area contributed by atoms with Crippen LogP contribution in [0.2, 0.25) is 0 Å². The van der Waals surface area contributed by atoms with Crippen molar-refractivity contribution in [3.8, 4) is 5.75 Å². The van der Waals surface area contributed by atoms with Crippen molar-refractivity contribution in [3.63, 3.8) is 0 Å². The van der Waals surface area contributed by atoms with Crippen molar-refractivity contribution in [2.24, 2.45) is 0 Å². The Hall–Kier alpha value is -0.260. The molecule has 0 saturated heterocycles. The first-order valence-corrected chi connectivity index (χ1v) is 6.95. The van der Waals surface area contributed by atoms with Gasteiger partial charge in [0, 0.05) is 10.7 Å². The largest absolute Gasteiger partial charge is 0.496 e. The second-order valence-corrected chi connectivity index (χ2v) is 6.19. The van der Waals surface area contributed by atoms with Gasteiger partial charge < -0.3 is 4.74 Å². The monoisotopic (exact) mass is 298 g/mol. The van der Waals surface area contributed by atoms with E-state index in [4.69, 9.17) is 15.4 Å². The number of rotatable bonds is 3. The molecule has 0 fully saturated rings. The molecule has 0 atom stereocenters. The summed E-state index contributed by atoms with van der Waals surface area (Å²) in [4.78, 5) is 0. The average Bonchev–Trinajstić information content (AvgIpc) is 2.06. The van der Waals surface area contributed by atoms with Crippen LogP contribution in [0.4, 0.5) is 0 Å². The summed E-state index contributed by atoms with van der Waals surface area (Å²) in [6.45, 7) is 0. The molecule has 0 aliphatic carbocycles. The molecule has 78 valence electrons. The van der Waals surface area contributed by atoms with E-state index in [9.17, 15) is 8.42 Å². The predicted octanol–water partition coefficient (Wildman–Crippen LogP) is 2.53. The molecule has 0 bridgehead atoms. The zero-order valence-electron chi connectivity index (χ0n) is 7.33. The van der Waals surface area contributed by atoms with Crippen molar-refractivity contribution in [3.05, 3.63) is 28.2 Å². The maximum Gasteiger partial charge on any atom is 0.236 e. The van der Waals surface area contributed by atoms with Gasteiger partial charge in [-0.25, -0.2) is 8.42 Å². The van der Waals surface area contributed by atoms with E-state index in [1.165, 1.54) is 7.11 Å². The zero-order valence-corrected chi connectivity index (χ0v) is 10.5. The first-order chi connectivity index (χ1) is 6.44. The molecule has 0 unspecified atom stereocenters. The van der Waals surface area contributed by atoms with Crippen LogP contribution in [0.15, 0.2) is 22.7 Å². The molecule has 0 N–H and O–H groups in total. The Balaban J connectivity index is 3.10. The standard InChI is InChI=1S/C8H8BrClO3S/c1-13-7-4-2-3-6(8(7)9)5-14(10,11)12/h2-4H,5H2,1H3. The smallest absolute Gasteiger partial charge is 0.236 e. The Morgan fingerprint density at radius 2 is 2.14 bits per heavy atom. The lowest BCUT2D eigenvalue weighted by atomic mass is 10.2. The minimum atomic E-state index is -3.54. The lowest BCUT2D eigenvalue weighted by molar-refractivity contribution is 0.411. The van der Waals surface area contributed by atoms with Gasteiger partial charge >= 0.3 is 0 Å². The zero-order chi connectivity index (χ0) is 10.8. The molecule has 3 nitrogen and oxygen atoms in total. The quantitative estimate of drug-likeness (QED) is 0.806. The maximum atomic E-state index is 10.9. The van der Waals surface area contributed by atoms with Crippen molar-refractivity contribution < 1.29 is 13.2 Å². The third-order valence-corrected chi connectivity index (χ3v) is 3.47. The van der Waals surface area contributed by atoms with Gasteiger partial charge in [0.1, 0.15) is 5.75 Å². The highest BCUT2D eigenvalue weighted by molar-refractivity contribution is 9.10. The summed E-state index contributed by atoms with van der Waals surface area (Å²) in [5, 5.41) is 0. The number of hydrogen-bond acceptors (Lipinski definition) is 3. The van der Waals surface area contributed by atoms with Gasteiger partial charge in [0.2, 0.25) is 9.05 Å². The maximum absolute atomic E-state index is 10.9. The van der Waals surface area contributed by atoms with E-state index in [1.54, 1.807) is 18.2 Å². The topological polar surface area (TPSA) is 43.4 Å². The van der Waals surface area contributed by atoms with E-state index in [0.717, 1.165) is 0 Å². The van der Waals surface area contributed by atoms with Crippen molar-refractivity contribution in [1.29, 1.82) is 0 Å². The molecule has 1 rings (SSSR count). The Morgan fingerprint density at radius 1 is 1.50 bits per heavy atom. The molecular weight excluding hydrogens is 292 g/mol. The minimum absolute atomic E-state index is 0.216. The highest BCUT2D eigenvalue weighted by Crippen LogP contribution is 2.29. The Kier molecular flexibility index (Phi) is 3.80. The lowest BCUT2D eigenvalue weighted by Gasteiger charge is -2.06. The van der Waals surface area contributed by atoms with E-state index < -0.39 is 9.05 Å². The fraction of sp³-hybridized carbons (Fsp3) is 0.250. The van der Waals surface area contributed by atoms with Crippen molar-refractivity contribution >= 4 is 35.7 Å². The Morgan fingerprint density at radius 3 is 2.64 bits per heavy atom. The van der Waals surface area contributed by atoms with E-state index in [-0.39, 0.29) is 5.75 Å². The molecule has 1 aromatic rings. The number of benzene rings is 1. The second kappa shape index (κ2) is 4.51. The van der Waals surface area contributed by atoms with Crippen LogP contribution in [0.25, 0.3) is 0 Å². The molecule has 1 aromatic carbocycles. The predicted molar refractivity (Wildman–Crippen MR) is 59.2 cm³/mol. The van der Waals surface area contributed by atoms with Gasteiger partial charge in [-0.1, -0.05) is 12.1 Å². The number of ether oxygens (including phenoxy) is 1. The summed E-state index contributed by atoms with van der Waals surface area (Å²) < 4.78 is 27.3. The van der Waals surface area contributed by atoms with Gasteiger partial charge in [-0.05, 0) is 27.6 Å². The van der Waals surface area contributed by atoms with E-state index in [0.29, 0.717) is 15.8 Å². The summed E-state index contributed by atoms with van der Waals surface area (Å²) in [5.41, 5.74) is 0.583. The van der Waals surface area contributed by atoms with Gasteiger partial charge in [0.25, 0.3) is 0 Å². The Labute approximate surface area is 95.6 Å². The van der Waals surface area contributed by atoms with Crippen molar-refractivity contribution in [2.45, 2.75) is 5.75 Å². The minimum Gasteiger partial charge on any atom is -0.496 e. The third-order valence-electron chi connectivity index (χ3n) is 1.59. The molecule has 0 spiro atoms. The van der Waals surface area contributed by atoms with Crippen LogP contribution >= 0.6 is 26.6 Å². The number of hydrogen-bond donors (Lipinski definition) is 0.